The Morgan fingerprint density at radius 3 is 1.94 bits per heavy atom. The van der Waals surface area contributed by atoms with Crippen LogP contribution in [0.2, 0.25) is 0 Å². The fraction of sp³-hybridized carbons (Fsp3) is 0.500. The maximum atomic E-state index is 5.82. The zero-order valence-electron chi connectivity index (χ0n) is 10.2. The topological polar surface area (TPSA) is 27.7 Å². The van der Waals surface area contributed by atoms with E-state index in [9.17, 15) is 0 Å². The van der Waals surface area contributed by atoms with Gasteiger partial charge < -0.3 is 14.2 Å². The highest BCUT2D eigenvalue weighted by atomic mass is 127. The van der Waals surface area contributed by atoms with Crippen LogP contribution in [-0.4, -0.2) is 26.1 Å². The van der Waals surface area contributed by atoms with E-state index in [1.807, 2.05) is 13.8 Å². The van der Waals surface area contributed by atoms with Gasteiger partial charge in [-0.25, -0.2) is 0 Å². The van der Waals surface area contributed by atoms with Crippen molar-refractivity contribution in [3.63, 3.8) is 0 Å². The smallest absolute Gasteiger partial charge is 0.191 e. The van der Waals surface area contributed by atoms with Gasteiger partial charge >= 0.3 is 0 Å². The maximum Gasteiger partial charge on any atom is 0.191 e. The number of hydrogen-bond donors (Lipinski definition) is 0. The lowest BCUT2D eigenvalue weighted by molar-refractivity contribution is -0.152. The summed E-state index contributed by atoms with van der Waals surface area (Å²) in [6, 6.07) is 4.18. The summed E-state index contributed by atoms with van der Waals surface area (Å²) in [6.07, 6.45) is -0.300. The van der Waals surface area contributed by atoms with Gasteiger partial charge in [-0.3, -0.25) is 0 Å². The van der Waals surface area contributed by atoms with E-state index in [0.717, 1.165) is 12.9 Å². The second kappa shape index (κ2) is 9.14. The first-order valence-electron chi connectivity index (χ1n) is 5.59. The van der Waals surface area contributed by atoms with Crippen LogP contribution in [0.25, 0.3) is 0 Å². The Morgan fingerprint density at radius 2 is 1.50 bits per heavy atom. The van der Waals surface area contributed by atoms with Crippen molar-refractivity contribution in [2.75, 3.05) is 19.8 Å². The molecule has 18 heavy (non-hydrogen) atoms. The lowest BCUT2D eigenvalue weighted by Gasteiger charge is -2.18. The third-order valence-electron chi connectivity index (χ3n) is 2.03. The molecular weight excluding hydrogens is 573 g/mol. The zero-order valence-corrected chi connectivity index (χ0v) is 16.7. The van der Waals surface area contributed by atoms with Gasteiger partial charge in [-0.2, -0.15) is 0 Å². The average molecular weight is 588 g/mol. The van der Waals surface area contributed by atoms with Crippen molar-refractivity contribution < 1.29 is 14.2 Å². The fourth-order valence-corrected chi connectivity index (χ4v) is 5.23. The molecule has 3 nitrogen and oxygen atoms in total. The highest BCUT2D eigenvalue weighted by Gasteiger charge is 2.13. The predicted molar refractivity (Wildman–Crippen MR) is 97.1 cm³/mol. The van der Waals surface area contributed by atoms with Gasteiger partial charge in [-0.05, 0) is 93.8 Å². The molecule has 0 radical (unpaired) electrons. The first-order chi connectivity index (χ1) is 8.58. The van der Waals surface area contributed by atoms with Gasteiger partial charge in [0.05, 0.1) is 7.14 Å². The minimum atomic E-state index is -0.300. The monoisotopic (exact) mass is 588 g/mol. The van der Waals surface area contributed by atoms with Gasteiger partial charge in [0.1, 0.15) is 12.4 Å². The normalized spacial score (nSPS) is 11.0. The SMILES string of the molecule is CCOC(COc1c(I)cc(I)cc1I)OCC. The summed E-state index contributed by atoms with van der Waals surface area (Å²) in [7, 11) is 0. The van der Waals surface area contributed by atoms with E-state index in [-0.39, 0.29) is 6.29 Å². The van der Waals surface area contributed by atoms with Crippen molar-refractivity contribution in [1.29, 1.82) is 0 Å². The highest BCUT2D eigenvalue weighted by Crippen LogP contribution is 2.29. The largest absolute Gasteiger partial charge is 0.486 e. The van der Waals surface area contributed by atoms with Crippen LogP contribution < -0.4 is 4.74 Å². The molecule has 0 amide bonds. The molecular formula is C12H15I3O3. The van der Waals surface area contributed by atoms with Crippen LogP contribution in [0.4, 0.5) is 0 Å². The summed E-state index contributed by atoms with van der Waals surface area (Å²) in [5, 5.41) is 0. The maximum absolute atomic E-state index is 5.82. The van der Waals surface area contributed by atoms with Gasteiger partial charge in [0, 0.05) is 16.8 Å². The van der Waals surface area contributed by atoms with E-state index >= 15 is 0 Å². The molecule has 0 aliphatic carbocycles. The molecule has 1 aromatic rings. The van der Waals surface area contributed by atoms with E-state index in [1.165, 1.54) is 3.57 Å². The van der Waals surface area contributed by atoms with Crippen LogP contribution in [0.3, 0.4) is 0 Å². The van der Waals surface area contributed by atoms with Gasteiger partial charge in [0.15, 0.2) is 6.29 Å². The molecule has 0 spiro atoms. The molecule has 1 aromatic carbocycles. The lowest BCUT2D eigenvalue weighted by atomic mass is 10.3. The summed E-state index contributed by atoms with van der Waals surface area (Å²) in [5.41, 5.74) is 0. The van der Waals surface area contributed by atoms with Gasteiger partial charge in [0.2, 0.25) is 0 Å². The Bertz CT molecular complexity index is 356. The van der Waals surface area contributed by atoms with Crippen molar-refractivity contribution >= 4 is 67.8 Å². The van der Waals surface area contributed by atoms with E-state index in [0.29, 0.717) is 19.8 Å². The number of halogens is 3. The van der Waals surface area contributed by atoms with E-state index in [4.69, 9.17) is 14.2 Å². The zero-order chi connectivity index (χ0) is 13.5. The molecule has 0 N–H and O–H groups in total. The molecule has 102 valence electrons. The van der Waals surface area contributed by atoms with Crippen LogP contribution in [0.15, 0.2) is 12.1 Å². The summed E-state index contributed by atoms with van der Waals surface area (Å²) in [4.78, 5) is 0. The van der Waals surface area contributed by atoms with Crippen LogP contribution in [-0.2, 0) is 9.47 Å². The quantitative estimate of drug-likeness (QED) is 0.352. The predicted octanol–water partition coefficient (Wildman–Crippen LogP) is 4.28. The Kier molecular flexibility index (Phi) is 8.72. The van der Waals surface area contributed by atoms with Crippen molar-refractivity contribution in [1.82, 2.24) is 0 Å². The fourth-order valence-electron chi connectivity index (χ4n) is 1.33. The third-order valence-corrected chi connectivity index (χ3v) is 4.26. The molecule has 0 saturated carbocycles. The summed E-state index contributed by atoms with van der Waals surface area (Å²) >= 11 is 6.87. The van der Waals surface area contributed by atoms with Crippen LogP contribution >= 0.6 is 67.8 Å². The van der Waals surface area contributed by atoms with Gasteiger partial charge in [0.25, 0.3) is 0 Å². The number of benzene rings is 1. The Morgan fingerprint density at radius 1 is 1.00 bits per heavy atom. The average Bonchev–Trinajstić information content (AvgIpc) is 2.28. The number of rotatable bonds is 7. The molecule has 0 aromatic heterocycles. The molecule has 0 saturated heterocycles. The number of hydrogen-bond acceptors (Lipinski definition) is 3. The molecule has 0 atom stereocenters. The van der Waals surface area contributed by atoms with Gasteiger partial charge in [-0.1, -0.05) is 0 Å². The number of ether oxygens (including phenoxy) is 3. The molecule has 6 heteroatoms. The summed E-state index contributed by atoms with van der Waals surface area (Å²) in [5.74, 6) is 0.904. The standard InChI is InChI=1S/C12H15I3O3/c1-3-16-11(17-4-2)7-18-12-9(14)5-8(13)6-10(12)15/h5-6,11H,3-4,7H2,1-2H3. The Hall–Kier alpha value is 1.13. The molecule has 0 aliphatic rings. The first kappa shape index (κ1) is 17.2. The van der Waals surface area contributed by atoms with Crippen molar-refractivity contribution in [2.24, 2.45) is 0 Å². The first-order valence-corrected chi connectivity index (χ1v) is 8.82. The highest BCUT2D eigenvalue weighted by molar-refractivity contribution is 14.1. The van der Waals surface area contributed by atoms with Gasteiger partial charge in [-0.15, -0.1) is 0 Å². The van der Waals surface area contributed by atoms with E-state index < -0.39 is 0 Å². The molecule has 0 bridgehead atoms. The minimum Gasteiger partial charge on any atom is -0.486 e. The molecule has 0 heterocycles. The molecule has 1 rings (SSSR count). The van der Waals surface area contributed by atoms with E-state index in [1.54, 1.807) is 0 Å². The van der Waals surface area contributed by atoms with Crippen LogP contribution in [0, 0.1) is 10.7 Å². The summed E-state index contributed by atoms with van der Waals surface area (Å²) in [6.45, 7) is 5.55. The second-order valence-corrected chi connectivity index (χ2v) is 6.92. The Labute approximate surface area is 149 Å². The van der Waals surface area contributed by atoms with Crippen LogP contribution in [0.5, 0.6) is 5.75 Å². The van der Waals surface area contributed by atoms with E-state index in [2.05, 4.69) is 79.9 Å². The van der Waals surface area contributed by atoms with Crippen LogP contribution in [0.1, 0.15) is 13.8 Å². The van der Waals surface area contributed by atoms with Crippen molar-refractivity contribution in [3.8, 4) is 5.75 Å². The van der Waals surface area contributed by atoms with Crippen molar-refractivity contribution in [3.05, 3.63) is 22.8 Å². The molecule has 0 aliphatic heterocycles. The molecule has 0 unspecified atom stereocenters. The molecule has 0 fully saturated rings. The summed E-state index contributed by atoms with van der Waals surface area (Å²) < 4.78 is 20.2. The Balaban J connectivity index is 2.66. The minimum absolute atomic E-state index is 0.300. The lowest BCUT2D eigenvalue weighted by Crippen LogP contribution is -2.25. The third kappa shape index (κ3) is 5.63. The second-order valence-electron chi connectivity index (χ2n) is 3.35. The van der Waals surface area contributed by atoms with Crippen molar-refractivity contribution in [2.45, 2.75) is 20.1 Å².